The quantitative estimate of drug-likeness (QED) is 0.625. The van der Waals surface area contributed by atoms with Crippen LogP contribution >= 0.6 is 0 Å². The number of rotatable bonds is 0. The Morgan fingerprint density at radius 1 is 1.11 bits per heavy atom. The van der Waals surface area contributed by atoms with Crippen LogP contribution in [-0.4, -0.2) is 5.78 Å². The van der Waals surface area contributed by atoms with Gasteiger partial charge < -0.3 is 0 Å². The van der Waals surface area contributed by atoms with Crippen molar-refractivity contribution >= 4 is 16.6 Å². The van der Waals surface area contributed by atoms with E-state index in [1.807, 2.05) is 24.3 Å². The number of carbonyl (C=O) groups excluding carboxylic acids is 1. The standard InChI is InChI=1S/C17H16O/c1-11-10-17(2,3)15-9-13-7-5-4-6-12(13)8-14(15)16(11)18/h4-9H,1,10H2,2-3H3. The average molecular weight is 236 g/mol. The van der Waals surface area contributed by atoms with Crippen molar-refractivity contribution in [3.8, 4) is 0 Å². The van der Waals surface area contributed by atoms with E-state index >= 15 is 0 Å². The third-order valence-electron chi connectivity index (χ3n) is 3.84. The Labute approximate surface area is 107 Å². The molecule has 0 heterocycles. The minimum atomic E-state index is -0.00957. The van der Waals surface area contributed by atoms with E-state index in [0.717, 1.165) is 28.5 Å². The Hall–Kier alpha value is -1.89. The van der Waals surface area contributed by atoms with Crippen LogP contribution in [0.4, 0.5) is 0 Å². The molecule has 18 heavy (non-hydrogen) atoms. The Kier molecular flexibility index (Phi) is 2.21. The summed E-state index contributed by atoms with van der Waals surface area (Å²) in [4.78, 5) is 12.2. The first-order valence-electron chi connectivity index (χ1n) is 6.25. The van der Waals surface area contributed by atoms with Gasteiger partial charge in [0.25, 0.3) is 0 Å². The maximum Gasteiger partial charge on any atom is 0.188 e. The molecule has 0 atom stereocenters. The Balaban J connectivity index is 2.38. The van der Waals surface area contributed by atoms with Crippen LogP contribution < -0.4 is 0 Å². The van der Waals surface area contributed by atoms with Gasteiger partial charge in [0, 0.05) is 5.56 Å². The van der Waals surface area contributed by atoms with Crippen molar-refractivity contribution in [2.24, 2.45) is 0 Å². The van der Waals surface area contributed by atoms with Crippen molar-refractivity contribution in [3.05, 3.63) is 59.7 Å². The highest BCUT2D eigenvalue weighted by atomic mass is 16.1. The smallest absolute Gasteiger partial charge is 0.188 e. The molecule has 0 unspecified atom stereocenters. The average Bonchev–Trinajstić information content (AvgIpc) is 2.34. The maximum atomic E-state index is 12.2. The second-order valence-corrected chi connectivity index (χ2v) is 5.74. The molecule has 1 aliphatic rings. The van der Waals surface area contributed by atoms with Crippen LogP contribution in [-0.2, 0) is 5.41 Å². The molecule has 1 heteroatoms. The molecule has 1 aliphatic carbocycles. The summed E-state index contributed by atoms with van der Waals surface area (Å²) in [6.07, 6.45) is 0.747. The van der Waals surface area contributed by atoms with Crippen LogP contribution in [0.25, 0.3) is 10.8 Å². The molecule has 0 spiro atoms. The minimum absolute atomic E-state index is 0.00957. The van der Waals surface area contributed by atoms with E-state index in [9.17, 15) is 4.79 Å². The van der Waals surface area contributed by atoms with Crippen molar-refractivity contribution in [2.45, 2.75) is 25.7 Å². The molecule has 0 aliphatic heterocycles. The van der Waals surface area contributed by atoms with Gasteiger partial charge in [0.15, 0.2) is 5.78 Å². The van der Waals surface area contributed by atoms with Gasteiger partial charge in [-0.1, -0.05) is 44.7 Å². The van der Waals surface area contributed by atoms with Crippen molar-refractivity contribution in [3.63, 3.8) is 0 Å². The molecule has 3 rings (SSSR count). The third-order valence-corrected chi connectivity index (χ3v) is 3.84. The fourth-order valence-electron chi connectivity index (χ4n) is 2.89. The van der Waals surface area contributed by atoms with Crippen LogP contribution in [0.3, 0.4) is 0 Å². The summed E-state index contributed by atoms with van der Waals surface area (Å²) in [6, 6.07) is 12.4. The van der Waals surface area contributed by atoms with E-state index in [-0.39, 0.29) is 11.2 Å². The van der Waals surface area contributed by atoms with Crippen LogP contribution in [0.15, 0.2) is 48.6 Å². The fourth-order valence-corrected chi connectivity index (χ4v) is 2.89. The van der Waals surface area contributed by atoms with E-state index in [2.05, 4.69) is 32.6 Å². The monoisotopic (exact) mass is 236 g/mol. The number of fused-ring (bicyclic) bond motifs is 2. The first-order chi connectivity index (χ1) is 8.49. The zero-order valence-corrected chi connectivity index (χ0v) is 10.8. The molecule has 0 aromatic heterocycles. The molecule has 0 saturated carbocycles. The largest absolute Gasteiger partial charge is 0.289 e. The molecule has 0 radical (unpaired) electrons. The molecular weight excluding hydrogens is 220 g/mol. The highest BCUT2D eigenvalue weighted by Gasteiger charge is 2.34. The van der Waals surface area contributed by atoms with Crippen molar-refractivity contribution < 1.29 is 4.79 Å². The molecule has 2 aromatic rings. The van der Waals surface area contributed by atoms with Gasteiger partial charge in [-0.2, -0.15) is 0 Å². The molecule has 0 bridgehead atoms. The SMILES string of the molecule is C=C1CC(C)(C)c2cc3ccccc3cc2C1=O. The fraction of sp³-hybridized carbons (Fsp3) is 0.235. The molecule has 1 nitrogen and oxygen atoms in total. The van der Waals surface area contributed by atoms with E-state index in [0.29, 0.717) is 0 Å². The summed E-state index contributed by atoms with van der Waals surface area (Å²) >= 11 is 0. The molecule has 2 aromatic carbocycles. The lowest BCUT2D eigenvalue weighted by molar-refractivity contribution is 0.101. The summed E-state index contributed by atoms with van der Waals surface area (Å²) in [5.41, 5.74) is 2.70. The molecule has 90 valence electrons. The van der Waals surface area contributed by atoms with Gasteiger partial charge in [0.2, 0.25) is 0 Å². The van der Waals surface area contributed by atoms with Crippen molar-refractivity contribution in [2.75, 3.05) is 0 Å². The van der Waals surface area contributed by atoms with Gasteiger partial charge >= 0.3 is 0 Å². The lowest BCUT2D eigenvalue weighted by atomic mass is 9.70. The number of benzene rings is 2. The van der Waals surface area contributed by atoms with Crippen LogP contribution in [0.2, 0.25) is 0 Å². The first-order valence-corrected chi connectivity index (χ1v) is 6.25. The maximum absolute atomic E-state index is 12.2. The van der Waals surface area contributed by atoms with Gasteiger partial charge in [-0.25, -0.2) is 0 Å². The molecule has 0 fully saturated rings. The third kappa shape index (κ3) is 1.51. The molecule has 0 saturated heterocycles. The van der Waals surface area contributed by atoms with E-state index in [1.165, 1.54) is 5.39 Å². The normalized spacial score (nSPS) is 17.9. The van der Waals surface area contributed by atoms with Crippen LogP contribution in [0.1, 0.15) is 36.2 Å². The predicted octanol–water partition coefficient (Wildman–Crippen LogP) is 4.26. The second kappa shape index (κ2) is 3.55. The Morgan fingerprint density at radius 2 is 1.72 bits per heavy atom. The first kappa shape index (κ1) is 11.2. The van der Waals surface area contributed by atoms with Gasteiger partial charge in [0.1, 0.15) is 0 Å². The van der Waals surface area contributed by atoms with E-state index < -0.39 is 0 Å². The summed E-state index contributed by atoms with van der Waals surface area (Å²) in [7, 11) is 0. The Morgan fingerprint density at radius 3 is 2.39 bits per heavy atom. The number of allylic oxidation sites excluding steroid dienone is 1. The zero-order chi connectivity index (χ0) is 12.9. The molecule has 0 amide bonds. The number of Topliss-reactive ketones (excluding diaryl/α,β-unsaturated/α-hetero) is 1. The summed E-state index contributed by atoms with van der Waals surface area (Å²) in [6.45, 7) is 8.28. The van der Waals surface area contributed by atoms with Crippen molar-refractivity contribution in [1.82, 2.24) is 0 Å². The Bertz CT molecular complexity index is 677. The van der Waals surface area contributed by atoms with Gasteiger partial charge in [-0.15, -0.1) is 0 Å². The summed E-state index contributed by atoms with van der Waals surface area (Å²) < 4.78 is 0. The van der Waals surface area contributed by atoms with Crippen LogP contribution in [0, 0.1) is 0 Å². The highest BCUT2D eigenvalue weighted by molar-refractivity contribution is 6.12. The topological polar surface area (TPSA) is 17.1 Å². The predicted molar refractivity (Wildman–Crippen MR) is 75.1 cm³/mol. The van der Waals surface area contributed by atoms with Crippen molar-refractivity contribution in [1.29, 1.82) is 0 Å². The number of hydrogen-bond acceptors (Lipinski definition) is 1. The number of carbonyl (C=O) groups is 1. The number of ketones is 1. The van der Waals surface area contributed by atoms with E-state index in [4.69, 9.17) is 0 Å². The van der Waals surface area contributed by atoms with Crippen LogP contribution in [0.5, 0.6) is 0 Å². The summed E-state index contributed by atoms with van der Waals surface area (Å²) in [5.74, 6) is 0.107. The highest BCUT2D eigenvalue weighted by Crippen LogP contribution is 2.40. The van der Waals surface area contributed by atoms with Gasteiger partial charge in [0.05, 0.1) is 0 Å². The minimum Gasteiger partial charge on any atom is -0.289 e. The van der Waals surface area contributed by atoms with Gasteiger partial charge in [-0.05, 0) is 45.9 Å². The lowest BCUT2D eigenvalue weighted by Crippen LogP contribution is -2.28. The molecular formula is C17H16O. The summed E-state index contributed by atoms with van der Waals surface area (Å²) in [5, 5.41) is 2.32. The number of hydrogen-bond donors (Lipinski definition) is 0. The zero-order valence-electron chi connectivity index (χ0n) is 10.8. The van der Waals surface area contributed by atoms with E-state index in [1.54, 1.807) is 0 Å². The molecule has 0 N–H and O–H groups in total. The van der Waals surface area contributed by atoms with Gasteiger partial charge in [-0.3, -0.25) is 4.79 Å². The second-order valence-electron chi connectivity index (χ2n) is 5.74. The lowest BCUT2D eigenvalue weighted by Gasteiger charge is -2.33.